The van der Waals surface area contributed by atoms with Crippen LogP contribution in [-0.2, 0) is 0 Å². The quantitative estimate of drug-likeness (QED) is 0.939. The Hall–Kier alpha value is -2.24. The van der Waals surface area contributed by atoms with Crippen molar-refractivity contribution in [1.82, 2.24) is 9.97 Å². The maximum absolute atomic E-state index is 13.6. The molecule has 0 radical (unpaired) electrons. The first-order chi connectivity index (χ1) is 10.2. The highest BCUT2D eigenvalue weighted by molar-refractivity contribution is 5.60. The Morgan fingerprint density at radius 2 is 1.71 bits per heavy atom. The summed E-state index contributed by atoms with van der Waals surface area (Å²) in [6.45, 7) is 1.90. The van der Waals surface area contributed by atoms with Crippen LogP contribution < -0.4 is 10.2 Å². The van der Waals surface area contributed by atoms with Crippen LogP contribution in [0.25, 0.3) is 0 Å². The van der Waals surface area contributed by atoms with E-state index in [2.05, 4.69) is 20.2 Å². The molecule has 1 fully saturated rings. The highest BCUT2D eigenvalue weighted by Crippen LogP contribution is 2.24. The van der Waals surface area contributed by atoms with Gasteiger partial charge in [-0.05, 0) is 31.4 Å². The first kappa shape index (κ1) is 13.7. The maximum atomic E-state index is 13.6. The van der Waals surface area contributed by atoms with Crippen LogP contribution in [-0.4, -0.2) is 23.1 Å². The van der Waals surface area contributed by atoms with Crippen molar-refractivity contribution in [2.75, 3.05) is 23.3 Å². The van der Waals surface area contributed by atoms with Gasteiger partial charge in [-0.15, -0.1) is 0 Å². The molecule has 0 unspecified atom stereocenters. The van der Waals surface area contributed by atoms with Gasteiger partial charge in [0.15, 0.2) is 0 Å². The van der Waals surface area contributed by atoms with Crippen molar-refractivity contribution in [1.29, 1.82) is 0 Å². The Bertz CT molecular complexity index is 607. The molecule has 2 aromatic rings. The van der Waals surface area contributed by atoms with Crippen molar-refractivity contribution in [3.05, 3.63) is 42.2 Å². The normalized spacial score (nSPS) is 15.0. The molecule has 1 aliphatic heterocycles. The zero-order chi connectivity index (χ0) is 14.7. The SMILES string of the molecule is Fc1cccc(F)c1Nc1cc(N2CCCCC2)ncn1. The van der Waals surface area contributed by atoms with Crippen molar-refractivity contribution in [3.8, 4) is 0 Å². The number of benzene rings is 1. The monoisotopic (exact) mass is 290 g/mol. The Balaban J connectivity index is 1.83. The third-order valence-corrected chi connectivity index (χ3v) is 3.55. The molecule has 0 amide bonds. The van der Waals surface area contributed by atoms with Crippen LogP contribution in [0.2, 0.25) is 0 Å². The molecule has 2 heterocycles. The minimum Gasteiger partial charge on any atom is -0.356 e. The summed E-state index contributed by atoms with van der Waals surface area (Å²) >= 11 is 0. The molecule has 1 N–H and O–H groups in total. The van der Waals surface area contributed by atoms with Crippen LogP contribution in [0.4, 0.5) is 26.1 Å². The zero-order valence-electron chi connectivity index (χ0n) is 11.5. The van der Waals surface area contributed by atoms with Crippen LogP contribution in [0, 0.1) is 11.6 Å². The lowest BCUT2D eigenvalue weighted by molar-refractivity contribution is 0.573. The molecule has 1 aromatic heterocycles. The van der Waals surface area contributed by atoms with Crippen LogP contribution in [0.5, 0.6) is 0 Å². The largest absolute Gasteiger partial charge is 0.356 e. The van der Waals surface area contributed by atoms with E-state index in [0.29, 0.717) is 5.82 Å². The highest BCUT2D eigenvalue weighted by Gasteiger charge is 2.14. The lowest BCUT2D eigenvalue weighted by atomic mass is 10.1. The number of hydrogen-bond donors (Lipinski definition) is 1. The van der Waals surface area contributed by atoms with Crippen LogP contribution in [0.15, 0.2) is 30.6 Å². The minimum absolute atomic E-state index is 0.194. The van der Waals surface area contributed by atoms with Gasteiger partial charge >= 0.3 is 0 Å². The fourth-order valence-electron chi connectivity index (χ4n) is 2.46. The molecule has 0 spiro atoms. The van der Waals surface area contributed by atoms with E-state index in [1.165, 1.54) is 30.9 Å². The third kappa shape index (κ3) is 3.09. The summed E-state index contributed by atoms with van der Waals surface area (Å²) in [4.78, 5) is 10.4. The summed E-state index contributed by atoms with van der Waals surface area (Å²) in [7, 11) is 0. The van der Waals surface area contributed by atoms with E-state index in [1.807, 2.05) is 0 Å². The lowest BCUT2D eigenvalue weighted by Crippen LogP contribution is -2.30. The minimum atomic E-state index is -0.645. The average Bonchev–Trinajstić information content (AvgIpc) is 2.52. The van der Waals surface area contributed by atoms with Gasteiger partial charge < -0.3 is 10.2 Å². The van der Waals surface area contributed by atoms with E-state index in [9.17, 15) is 8.78 Å². The summed E-state index contributed by atoms with van der Waals surface area (Å²) in [5.74, 6) is -0.125. The first-order valence-electron chi connectivity index (χ1n) is 7.02. The van der Waals surface area contributed by atoms with Crippen molar-refractivity contribution < 1.29 is 8.78 Å². The van der Waals surface area contributed by atoms with Crippen LogP contribution in [0.3, 0.4) is 0 Å². The number of nitrogens with zero attached hydrogens (tertiary/aromatic N) is 3. The van der Waals surface area contributed by atoms with Gasteiger partial charge in [-0.1, -0.05) is 6.07 Å². The molecule has 0 saturated carbocycles. The van der Waals surface area contributed by atoms with E-state index in [-0.39, 0.29) is 5.69 Å². The molecule has 21 heavy (non-hydrogen) atoms. The fourth-order valence-corrected chi connectivity index (χ4v) is 2.46. The van der Waals surface area contributed by atoms with E-state index >= 15 is 0 Å². The number of halogens is 2. The van der Waals surface area contributed by atoms with Gasteiger partial charge in [0.1, 0.15) is 35.3 Å². The van der Waals surface area contributed by atoms with Gasteiger partial charge in [0, 0.05) is 19.2 Å². The van der Waals surface area contributed by atoms with Gasteiger partial charge in [-0.3, -0.25) is 0 Å². The zero-order valence-corrected chi connectivity index (χ0v) is 11.5. The second-order valence-corrected chi connectivity index (χ2v) is 5.03. The summed E-state index contributed by atoms with van der Waals surface area (Å²) in [6.07, 6.45) is 4.90. The van der Waals surface area contributed by atoms with Crippen molar-refractivity contribution in [2.24, 2.45) is 0 Å². The third-order valence-electron chi connectivity index (χ3n) is 3.55. The molecule has 1 saturated heterocycles. The standard InChI is InChI=1S/C15H16F2N4/c16-11-5-4-6-12(17)15(11)20-13-9-14(19-10-18-13)21-7-2-1-3-8-21/h4-6,9-10H,1-3,7-8H2,(H,18,19,20). The van der Waals surface area contributed by atoms with Crippen LogP contribution in [0.1, 0.15) is 19.3 Å². The highest BCUT2D eigenvalue weighted by atomic mass is 19.1. The number of piperidine rings is 1. The van der Waals surface area contributed by atoms with E-state index in [0.717, 1.165) is 31.7 Å². The molecule has 6 heteroatoms. The topological polar surface area (TPSA) is 41.0 Å². The van der Waals surface area contributed by atoms with Crippen LogP contribution >= 0.6 is 0 Å². The molecule has 3 rings (SSSR count). The fraction of sp³-hybridized carbons (Fsp3) is 0.333. The summed E-state index contributed by atoms with van der Waals surface area (Å²) in [6, 6.07) is 5.46. The number of para-hydroxylation sites is 1. The molecule has 110 valence electrons. The number of hydrogen-bond acceptors (Lipinski definition) is 4. The van der Waals surface area contributed by atoms with E-state index < -0.39 is 11.6 Å². The molecular formula is C15H16F2N4. The summed E-state index contributed by atoms with van der Waals surface area (Å²) < 4.78 is 27.3. The second-order valence-electron chi connectivity index (χ2n) is 5.03. The van der Waals surface area contributed by atoms with Crippen molar-refractivity contribution >= 4 is 17.3 Å². The van der Waals surface area contributed by atoms with Crippen molar-refractivity contribution in [3.63, 3.8) is 0 Å². The average molecular weight is 290 g/mol. The second kappa shape index (κ2) is 6.03. The molecule has 0 atom stereocenters. The summed E-state index contributed by atoms with van der Waals surface area (Å²) in [5, 5.41) is 2.69. The Morgan fingerprint density at radius 1 is 1.00 bits per heavy atom. The first-order valence-corrected chi connectivity index (χ1v) is 7.02. The van der Waals surface area contributed by atoms with E-state index in [1.54, 1.807) is 6.07 Å². The molecule has 1 aromatic carbocycles. The number of aromatic nitrogens is 2. The smallest absolute Gasteiger partial charge is 0.149 e. The Morgan fingerprint density at radius 3 is 2.43 bits per heavy atom. The van der Waals surface area contributed by atoms with Crippen molar-refractivity contribution in [2.45, 2.75) is 19.3 Å². The molecular weight excluding hydrogens is 274 g/mol. The van der Waals surface area contributed by atoms with Gasteiger partial charge in [-0.25, -0.2) is 18.7 Å². The predicted octanol–water partition coefficient (Wildman–Crippen LogP) is 3.49. The molecule has 0 bridgehead atoms. The Labute approximate surface area is 121 Å². The molecule has 4 nitrogen and oxygen atoms in total. The lowest BCUT2D eigenvalue weighted by Gasteiger charge is -2.27. The maximum Gasteiger partial charge on any atom is 0.149 e. The summed E-state index contributed by atoms with van der Waals surface area (Å²) in [5.41, 5.74) is -0.194. The molecule has 1 aliphatic rings. The van der Waals surface area contributed by atoms with E-state index in [4.69, 9.17) is 0 Å². The number of rotatable bonds is 3. The molecule has 0 aliphatic carbocycles. The van der Waals surface area contributed by atoms with Gasteiger partial charge in [-0.2, -0.15) is 0 Å². The van der Waals surface area contributed by atoms with Gasteiger partial charge in [0.2, 0.25) is 0 Å². The van der Waals surface area contributed by atoms with Gasteiger partial charge in [0.25, 0.3) is 0 Å². The number of nitrogens with one attached hydrogen (secondary N) is 1. The van der Waals surface area contributed by atoms with Gasteiger partial charge in [0.05, 0.1) is 0 Å². The predicted molar refractivity (Wildman–Crippen MR) is 77.7 cm³/mol. The Kier molecular flexibility index (Phi) is 3.94. The number of anilines is 3.